The van der Waals surface area contributed by atoms with E-state index in [0.717, 1.165) is 57.9 Å². The fourth-order valence-electron chi connectivity index (χ4n) is 7.97. The van der Waals surface area contributed by atoms with E-state index in [1.807, 2.05) is 46.4 Å². The number of imide groups is 2. The quantitative estimate of drug-likeness (QED) is 0.0360. The zero-order chi connectivity index (χ0) is 57.0. The maximum absolute atomic E-state index is 12.5. The number of anilines is 2. The summed E-state index contributed by atoms with van der Waals surface area (Å²) in [6.45, 7) is 24.0. The molecular weight excluding hydrogens is 1160 g/mol. The molecule has 2 aromatic heterocycles. The van der Waals surface area contributed by atoms with Crippen molar-refractivity contribution in [3.63, 3.8) is 0 Å². The van der Waals surface area contributed by atoms with Crippen LogP contribution in [0.4, 0.5) is 21.5 Å². The van der Waals surface area contributed by atoms with Crippen molar-refractivity contribution in [1.82, 2.24) is 50.2 Å². The maximum atomic E-state index is 12.5. The van der Waals surface area contributed by atoms with E-state index in [2.05, 4.69) is 45.1 Å². The van der Waals surface area contributed by atoms with Gasteiger partial charge in [-0.15, -0.1) is 24.8 Å². The Morgan fingerprint density at radius 1 is 0.573 bits per heavy atom. The number of amides is 6. The third-order valence-corrected chi connectivity index (χ3v) is 11.6. The summed E-state index contributed by atoms with van der Waals surface area (Å²) in [7, 11) is 0. The van der Waals surface area contributed by atoms with Gasteiger partial charge in [0.1, 0.15) is 11.2 Å². The number of hydrogen-bond acceptors (Lipinski definition) is 21. The Kier molecular flexibility index (Phi) is 34.3. The summed E-state index contributed by atoms with van der Waals surface area (Å²) in [5.74, 6) is -0.107. The van der Waals surface area contributed by atoms with Gasteiger partial charge in [0.05, 0.1) is 42.0 Å². The van der Waals surface area contributed by atoms with Gasteiger partial charge < -0.3 is 56.0 Å². The molecule has 0 saturated carbocycles. The fourth-order valence-corrected chi connectivity index (χ4v) is 7.97. The minimum absolute atomic E-state index is 0. The van der Waals surface area contributed by atoms with E-state index in [1.165, 1.54) is 16.7 Å². The Balaban J connectivity index is 0.00000115. The van der Waals surface area contributed by atoms with E-state index in [-0.39, 0.29) is 196 Å². The first-order valence-electron chi connectivity index (χ1n) is 25.4. The second-order valence-electron chi connectivity index (χ2n) is 19.8. The molecule has 0 atom stereocenters. The molecule has 0 bridgehead atoms. The number of halogens is 2. The maximum Gasteiger partial charge on any atom is 1.00 e. The molecule has 0 spiro atoms. The number of piperazine rings is 3. The summed E-state index contributed by atoms with van der Waals surface area (Å²) < 4.78 is 15.1. The second-order valence-corrected chi connectivity index (χ2v) is 19.8. The number of hydrogen-bond donors (Lipinski definition) is 2. The zero-order valence-electron chi connectivity index (χ0n) is 49.2. The number of carbonyl (C=O) groups is 8. The minimum Gasteiger partial charge on any atom is -1.00 e. The van der Waals surface area contributed by atoms with Crippen molar-refractivity contribution in [3.8, 4) is 0 Å². The Bertz CT molecular complexity index is 2640. The molecule has 2 aromatic carbocycles. The molecule has 3 fully saturated rings. The molecule has 0 aliphatic carbocycles. The molecule has 6 amide bonds. The van der Waals surface area contributed by atoms with Crippen LogP contribution >= 0.6 is 24.8 Å². The molecule has 0 unspecified atom stereocenters. The number of carbonyl (C=O) groups excluding carboxylic acids is 8. The van der Waals surface area contributed by atoms with Crippen molar-refractivity contribution in [3.05, 3.63) is 107 Å². The second kappa shape index (κ2) is 37.2. The van der Waals surface area contributed by atoms with Gasteiger partial charge in [0.15, 0.2) is 0 Å². The van der Waals surface area contributed by atoms with E-state index in [4.69, 9.17) is 19.5 Å². The normalized spacial score (nSPS) is 15.1. The van der Waals surface area contributed by atoms with Crippen LogP contribution in [0.2, 0.25) is 0 Å². The molecule has 9 rings (SSSR count). The van der Waals surface area contributed by atoms with Crippen LogP contribution in [-0.2, 0) is 41.8 Å². The number of fused-ring (bicyclic) bond motifs is 2. The molecule has 2 N–H and O–H groups in total. The largest absolute Gasteiger partial charge is 1.00 e. The number of aromatic nitrogens is 4. The van der Waals surface area contributed by atoms with Gasteiger partial charge >= 0.3 is 121 Å². The van der Waals surface area contributed by atoms with Crippen LogP contribution in [0.3, 0.4) is 0 Å². The number of esters is 1. The van der Waals surface area contributed by atoms with Crippen LogP contribution in [0.25, 0.3) is 0 Å². The summed E-state index contributed by atoms with van der Waals surface area (Å²) in [4.78, 5) is 122. The molecule has 82 heavy (non-hydrogen) atoms. The van der Waals surface area contributed by atoms with E-state index in [9.17, 15) is 33.6 Å². The van der Waals surface area contributed by atoms with Crippen LogP contribution in [0.15, 0.2) is 73.3 Å². The monoisotopic (exact) mass is 1230 g/mol. The van der Waals surface area contributed by atoms with Crippen LogP contribution in [0, 0.1) is 0 Å². The molecule has 5 aliphatic rings. The number of nitrogens with zero attached hydrogens (tertiary/aromatic N) is 10. The van der Waals surface area contributed by atoms with Crippen LogP contribution in [-0.4, -0.2) is 184 Å². The predicted molar refractivity (Wildman–Crippen MR) is 296 cm³/mol. The van der Waals surface area contributed by atoms with Gasteiger partial charge in [-0.25, -0.2) is 29.5 Å². The molecule has 438 valence electrons. The summed E-state index contributed by atoms with van der Waals surface area (Å²) in [6, 6.07) is 13.7. The van der Waals surface area contributed by atoms with Gasteiger partial charge in [0.2, 0.25) is 11.9 Å². The zero-order valence-corrected chi connectivity index (χ0v) is 56.1. The number of rotatable bonds is 8. The first-order chi connectivity index (χ1) is 37.1. The van der Waals surface area contributed by atoms with Crippen molar-refractivity contribution in [2.24, 2.45) is 0 Å². The summed E-state index contributed by atoms with van der Waals surface area (Å²) in [5.41, 5.74) is 2.27. The Morgan fingerprint density at radius 2 is 0.878 bits per heavy atom. The molecule has 25 nitrogen and oxygen atoms in total. The van der Waals surface area contributed by atoms with E-state index < -0.39 is 5.60 Å². The molecule has 3 saturated heterocycles. The van der Waals surface area contributed by atoms with Crippen molar-refractivity contribution >= 4 is 85.0 Å². The van der Waals surface area contributed by atoms with Crippen molar-refractivity contribution < 1.29 is 167 Å². The Morgan fingerprint density at radius 3 is 1.16 bits per heavy atom. The number of benzene rings is 2. The molecule has 5 aliphatic heterocycles. The van der Waals surface area contributed by atoms with Crippen LogP contribution in [0.1, 0.15) is 109 Å². The topological polar surface area (TPSA) is 292 Å². The number of nitrogens with one attached hydrogen (secondary N) is 2. The first-order valence-corrected chi connectivity index (χ1v) is 25.4. The summed E-state index contributed by atoms with van der Waals surface area (Å²) in [6.07, 6.45) is 6.12. The van der Waals surface area contributed by atoms with Crippen molar-refractivity contribution in [1.29, 1.82) is 0 Å². The molecule has 7 heterocycles. The molecular formula is C53H72Cl2K2N12O13. The Hall–Kier alpha value is -4.31. The van der Waals surface area contributed by atoms with E-state index in [1.54, 1.807) is 90.0 Å². The predicted octanol–water partition coefficient (Wildman–Crippen LogP) is -2.19. The number of ether oxygens (including phenoxy) is 3. The van der Waals surface area contributed by atoms with Gasteiger partial charge in [-0.2, -0.15) is 0 Å². The average molecular weight is 1230 g/mol. The van der Waals surface area contributed by atoms with Crippen molar-refractivity contribution in [2.75, 3.05) is 94.9 Å². The third kappa shape index (κ3) is 23.6. The SMILES string of the molecule is CC(C)(C)OC(=O)N1CCN(c2ncc(CN3C(=O)c4ccccc4C3=O)cn2)CC1.CC(C)(C)OC(=O)N1CCNCC1.CCOC(C)=O.Cl.Cl.O=C1c2ccccc2C(=O)N1Cc1cnc(N2CCNCC2)nc1.O=CO[O-].[H-].[K+].[K+]. The summed E-state index contributed by atoms with van der Waals surface area (Å²) >= 11 is 0. The van der Waals surface area contributed by atoms with Gasteiger partial charge in [-0.05, 0) is 72.7 Å². The molecule has 0 radical (unpaired) electrons. The fraction of sp³-hybridized carbons (Fsp3) is 0.472. The smallest absolute Gasteiger partial charge is 1.00 e. The van der Waals surface area contributed by atoms with Gasteiger partial charge in [0.25, 0.3) is 30.1 Å². The minimum atomic E-state index is -0.521. The van der Waals surface area contributed by atoms with Crippen LogP contribution in [0.5, 0.6) is 0 Å². The van der Waals surface area contributed by atoms with E-state index in [0.29, 0.717) is 72.5 Å². The van der Waals surface area contributed by atoms with Gasteiger partial charge in [-0.3, -0.25) is 38.6 Å². The van der Waals surface area contributed by atoms with E-state index >= 15 is 0 Å². The summed E-state index contributed by atoms with van der Waals surface area (Å²) in [5, 5.41) is 14.9. The average Bonchev–Trinajstić information content (AvgIpc) is 3.81. The molecule has 29 heteroatoms. The Labute approximate surface area is 576 Å². The molecule has 4 aromatic rings. The van der Waals surface area contributed by atoms with Gasteiger partial charge in [0, 0.05) is 121 Å². The first kappa shape index (κ1) is 75.7. The third-order valence-electron chi connectivity index (χ3n) is 11.6. The standard InChI is InChI=1S/C22H25N5O4.C17H17N5O2.C9H18N2O2.C4H8O2.CH2O3.2ClH.2K.H/c1-22(2,3)31-21(30)26-10-8-25(9-11-26)20-23-12-15(13-24-20)14-27-18(28)16-6-4-5-7-17(16)19(27)29;23-15-13-3-1-2-4-14(13)16(24)22(15)11-12-9-19-17(20-10-12)21-7-5-18-6-8-21;1-9(2,3)13-8(12)11-6-4-10-5-7-11;1-3-6-4(2)5;2-1-4-3;;;;;/h4-7,12-13H,8-11,14H2,1-3H3;1-4,9-10,18H,5-8,11H2;10H,4-7H2,1-3H3;3H2,1-2H3;1,3H;2*1H;;;/q;;;;;;;2*+1;-1/p-1. The van der Waals surface area contributed by atoms with Crippen molar-refractivity contribution in [2.45, 2.75) is 79.7 Å². The van der Waals surface area contributed by atoms with Gasteiger partial charge in [-0.1, -0.05) is 24.3 Å². The van der Waals surface area contributed by atoms with Crippen LogP contribution < -0.4 is 128 Å².